The summed E-state index contributed by atoms with van der Waals surface area (Å²) in [4.78, 5) is 25.5. The van der Waals surface area contributed by atoms with E-state index < -0.39 is 0 Å². The van der Waals surface area contributed by atoms with Crippen molar-refractivity contribution in [1.82, 2.24) is 0 Å². The first-order valence-electron chi connectivity index (χ1n) is 8.53. The van der Waals surface area contributed by atoms with E-state index in [0.717, 1.165) is 4.90 Å². The number of benzene rings is 3. The standard InChI is InChI=1S/C22H18ClNO3S/c1-27-17-10-6-15(7-11-17)22(26)24-16-8-12-18(13-9-16)28-14-21(25)19-4-2-3-5-20(19)23/h2-13H,14H2,1H3,(H,24,26). The van der Waals surface area contributed by atoms with Crippen LogP contribution in [0.5, 0.6) is 5.75 Å². The normalized spacial score (nSPS) is 10.4. The molecule has 0 aliphatic carbocycles. The van der Waals surface area contributed by atoms with Crippen LogP contribution in [-0.2, 0) is 0 Å². The van der Waals surface area contributed by atoms with Gasteiger partial charge >= 0.3 is 0 Å². The molecule has 0 spiro atoms. The molecule has 4 nitrogen and oxygen atoms in total. The minimum absolute atomic E-state index is 0.0208. The van der Waals surface area contributed by atoms with Gasteiger partial charge in [0.05, 0.1) is 17.9 Å². The minimum atomic E-state index is -0.197. The third kappa shape index (κ3) is 5.15. The fourth-order valence-corrected chi connectivity index (χ4v) is 3.52. The average Bonchev–Trinajstić information content (AvgIpc) is 2.73. The molecule has 1 amide bonds. The molecule has 0 saturated carbocycles. The van der Waals surface area contributed by atoms with Crippen molar-refractivity contribution >= 4 is 40.7 Å². The van der Waals surface area contributed by atoms with Crippen molar-refractivity contribution in [2.45, 2.75) is 4.90 Å². The lowest BCUT2D eigenvalue weighted by molar-refractivity contribution is 0.101. The van der Waals surface area contributed by atoms with Gasteiger partial charge in [0.15, 0.2) is 5.78 Å². The number of thioether (sulfide) groups is 1. The van der Waals surface area contributed by atoms with E-state index in [9.17, 15) is 9.59 Å². The molecular formula is C22H18ClNO3S. The van der Waals surface area contributed by atoms with Gasteiger partial charge in [-0.2, -0.15) is 0 Å². The van der Waals surface area contributed by atoms with Gasteiger partial charge in [0.1, 0.15) is 5.75 Å². The lowest BCUT2D eigenvalue weighted by Gasteiger charge is -2.07. The number of ether oxygens (including phenoxy) is 1. The fraction of sp³-hybridized carbons (Fsp3) is 0.0909. The number of hydrogen-bond acceptors (Lipinski definition) is 4. The molecule has 0 heterocycles. The summed E-state index contributed by atoms with van der Waals surface area (Å²) in [5.74, 6) is 0.773. The zero-order valence-corrected chi connectivity index (χ0v) is 16.7. The van der Waals surface area contributed by atoms with Crippen LogP contribution in [-0.4, -0.2) is 24.6 Å². The van der Waals surface area contributed by atoms with Gasteiger partial charge in [0.2, 0.25) is 0 Å². The first-order valence-corrected chi connectivity index (χ1v) is 9.89. The molecule has 0 atom stereocenters. The smallest absolute Gasteiger partial charge is 0.255 e. The van der Waals surface area contributed by atoms with Crippen LogP contribution in [0.15, 0.2) is 77.7 Å². The Kier molecular flexibility index (Phi) is 6.74. The molecule has 1 N–H and O–H groups in total. The third-order valence-corrected chi connectivity index (χ3v) is 5.35. The molecule has 142 valence electrons. The van der Waals surface area contributed by atoms with E-state index in [1.165, 1.54) is 11.8 Å². The van der Waals surface area contributed by atoms with Gasteiger partial charge in [0, 0.05) is 21.7 Å². The number of halogens is 1. The van der Waals surface area contributed by atoms with Crippen molar-refractivity contribution in [2.24, 2.45) is 0 Å². The maximum atomic E-state index is 12.3. The molecule has 28 heavy (non-hydrogen) atoms. The van der Waals surface area contributed by atoms with Crippen LogP contribution in [0.3, 0.4) is 0 Å². The predicted molar refractivity (Wildman–Crippen MR) is 114 cm³/mol. The van der Waals surface area contributed by atoms with Gasteiger partial charge in [-0.05, 0) is 60.7 Å². The molecule has 0 aromatic heterocycles. The van der Waals surface area contributed by atoms with Crippen LogP contribution in [0.25, 0.3) is 0 Å². The lowest BCUT2D eigenvalue weighted by atomic mass is 10.1. The summed E-state index contributed by atoms with van der Waals surface area (Å²) in [5.41, 5.74) is 1.76. The Balaban J connectivity index is 1.56. The summed E-state index contributed by atoms with van der Waals surface area (Å²) in [6.07, 6.45) is 0. The SMILES string of the molecule is COc1ccc(C(=O)Nc2ccc(SCC(=O)c3ccccc3Cl)cc2)cc1. The highest BCUT2D eigenvalue weighted by molar-refractivity contribution is 8.00. The van der Waals surface area contributed by atoms with Crippen LogP contribution < -0.4 is 10.1 Å². The molecule has 0 aliphatic heterocycles. The van der Waals surface area contributed by atoms with Crippen molar-refractivity contribution in [3.8, 4) is 5.75 Å². The summed E-state index contributed by atoms with van der Waals surface area (Å²) in [5, 5.41) is 3.31. The predicted octanol–water partition coefficient (Wildman–Crippen LogP) is 5.58. The zero-order chi connectivity index (χ0) is 19.9. The maximum Gasteiger partial charge on any atom is 0.255 e. The molecule has 0 unspecified atom stereocenters. The molecule has 0 saturated heterocycles. The molecule has 3 rings (SSSR count). The highest BCUT2D eigenvalue weighted by Crippen LogP contribution is 2.24. The van der Waals surface area contributed by atoms with E-state index in [1.54, 1.807) is 55.6 Å². The number of carbonyl (C=O) groups excluding carboxylic acids is 2. The first-order chi connectivity index (χ1) is 13.6. The number of ketones is 1. The van der Waals surface area contributed by atoms with Gasteiger partial charge in [-0.25, -0.2) is 0 Å². The number of carbonyl (C=O) groups is 2. The maximum absolute atomic E-state index is 12.3. The van der Waals surface area contributed by atoms with Gasteiger partial charge in [-0.3, -0.25) is 9.59 Å². The van der Waals surface area contributed by atoms with E-state index in [-0.39, 0.29) is 11.7 Å². The highest BCUT2D eigenvalue weighted by Gasteiger charge is 2.10. The summed E-state index contributed by atoms with van der Waals surface area (Å²) in [6, 6.07) is 21.3. The van der Waals surface area contributed by atoms with E-state index in [4.69, 9.17) is 16.3 Å². The third-order valence-electron chi connectivity index (χ3n) is 4.01. The van der Waals surface area contributed by atoms with Gasteiger partial charge in [0.25, 0.3) is 5.91 Å². The lowest BCUT2D eigenvalue weighted by Crippen LogP contribution is -2.11. The first kappa shape index (κ1) is 20.0. The van der Waals surface area contributed by atoms with Crippen molar-refractivity contribution in [2.75, 3.05) is 18.2 Å². The Morgan fingerprint density at radius 2 is 1.64 bits per heavy atom. The Morgan fingerprint density at radius 1 is 0.964 bits per heavy atom. The summed E-state index contributed by atoms with van der Waals surface area (Å²) in [6.45, 7) is 0. The summed E-state index contributed by atoms with van der Waals surface area (Å²) in [7, 11) is 1.58. The molecule has 3 aromatic carbocycles. The Morgan fingerprint density at radius 3 is 2.29 bits per heavy atom. The quantitative estimate of drug-likeness (QED) is 0.407. The largest absolute Gasteiger partial charge is 0.497 e. The van der Waals surface area contributed by atoms with E-state index in [1.807, 2.05) is 24.3 Å². The number of anilines is 1. The van der Waals surface area contributed by atoms with Crippen LogP contribution in [0.2, 0.25) is 5.02 Å². The van der Waals surface area contributed by atoms with Crippen LogP contribution >= 0.6 is 23.4 Å². The van der Waals surface area contributed by atoms with Crippen LogP contribution in [0, 0.1) is 0 Å². The Hall–Kier alpha value is -2.76. The molecule has 3 aromatic rings. The molecule has 0 aliphatic rings. The van der Waals surface area contributed by atoms with Gasteiger partial charge in [-0.1, -0.05) is 23.7 Å². The molecule has 6 heteroatoms. The number of Topliss-reactive ketones (excluding diaryl/α,β-unsaturated/α-hetero) is 1. The fourth-order valence-electron chi connectivity index (χ4n) is 2.49. The monoisotopic (exact) mass is 411 g/mol. The van der Waals surface area contributed by atoms with E-state index in [0.29, 0.717) is 33.3 Å². The van der Waals surface area contributed by atoms with Gasteiger partial charge < -0.3 is 10.1 Å². The summed E-state index contributed by atoms with van der Waals surface area (Å²) >= 11 is 7.49. The number of hydrogen-bond donors (Lipinski definition) is 1. The number of rotatable bonds is 7. The second-order valence-electron chi connectivity index (χ2n) is 5.90. The van der Waals surface area contributed by atoms with Crippen molar-refractivity contribution in [3.63, 3.8) is 0 Å². The van der Waals surface area contributed by atoms with Crippen LogP contribution in [0.1, 0.15) is 20.7 Å². The number of nitrogens with one attached hydrogen (secondary N) is 1. The molecular weight excluding hydrogens is 394 g/mol. The van der Waals surface area contributed by atoms with E-state index in [2.05, 4.69) is 5.32 Å². The number of methoxy groups -OCH3 is 1. The molecule has 0 radical (unpaired) electrons. The highest BCUT2D eigenvalue weighted by atomic mass is 35.5. The summed E-state index contributed by atoms with van der Waals surface area (Å²) < 4.78 is 5.09. The number of amides is 1. The molecule has 0 fully saturated rings. The second-order valence-corrected chi connectivity index (χ2v) is 7.35. The minimum Gasteiger partial charge on any atom is -0.497 e. The van der Waals surface area contributed by atoms with Crippen molar-refractivity contribution < 1.29 is 14.3 Å². The zero-order valence-electron chi connectivity index (χ0n) is 15.1. The average molecular weight is 412 g/mol. The topological polar surface area (TPSA) is 55.4 Å². The Labute approximate surface area is 172 Å². The van der Waals surface area contributed by atoms with Crippen molar-refractivity contribution in [1.29, 1.82) is 0 Å². The second kappa shape index (κ2) is 9.44. The Bertz CT molecular complexity index is 972. The van der Waals surface area contributed by atoms with Gasteiger partial charge in [-0.15, -0.1) is 11.8 Å². The van der Waals surface area contributed by atoms with E-state index >= 15 is 0 Å². The van der Waals surface area contributed by atoms with Crippen LogP contribution in [0.4, 0.5) is 5.69 Å². The molecule has 0 bridgehead atoms. The van der Waals surface area contributed by atoms with Crippen molar-refractivity contribution in [3.05, 3.63) is 88.9 Å².